The summed E-state index contributed by atoms with van der Waals surface area (Å²) in [5.74, 6) is 0.674. The van der Waals surface area contributed by atoms with E-state index in [0.29, 0.717) is 5.92 Å². The second-order valence-electron chi connectivity index (χ2n) is 3.88. The first-order chi connectivity index (χ1) is 5.37. The summed E-state index contributed by atoms with van der Waals surface area (Å²) in [6.07, 6.45) is 2.27. The summed E-state index contributed by atoms with van der Waals surface area (Å²) in [5, 5.41) is 10.8. The minimum absolute atomic E-state index is 0.0352. The van der Waals surface area contributed by atoms with E-state index in [1.165, 1.54) is 6.42 Å². The molecule has 0 saturated heterocycles. The lowest BCUT2D eigenvalue weighted by Crippen LogP contribution is -2.23. The summed E-state index contributed by atoms with van der Waals surface area (Å²) < 4.78 is 0.680. The van der Waals surface area contributed by atoms with E-state index >= 15 is 0 Å². The molecule has 73 valence electrons. The van der Waals surface area contributed by atoms with Crippen molar-refractivity contribution in [3.63, 3.8) is 0 Å². The van der Waals surface area contributed by atoms with Gasteiger partial charge in [0.25, 0.3) is 0 Å². The first-order valence-electron chi connectivity index (χ1n) is 4.28. The molecule has 0 bridgehead atoms. The van der Waals surface area contributed by atoms with Crippen LogP contribution in [0.3, 0.4) is 0 Å². The number of alkyl halides is 2. The zero-order valence-corrected chi connectivity index (χ0v) is 12.3. The Bertz CT molecular complexity index is 124. The van der Waals surface area contributed by atoms with Gasteiger partial charge in [-0.05, 0) is 25.7 Å². The molecule has 3 unspecified atom stereocenters. The monoisotopic (exact) mass is 395 g/mol. The third-order valence-corrected chi connectivity index (χ3v) is 3.06. The quantitative estimate of drug-likeness (QED) is 0.498. The molecule has 0 rings (SSSR count). The van der Waals surface area contributed by atoms with E-state index in [4.69, 9.17) is 0 Å². The molecule has 0 aromatic carbocycles. The van der Waals surface area contributed by atoms with Crippen molar-refractivity contribution < 1.29 is 5.11 Å². The minimum atomic E-state index is -0.0390. The molecule has 0 fully saturated rings. The Morgan fingerprint density at radius 1 is 1.42 bits per heavy atom. The highest BCUT2D eigenvalue weighted by molar-refractivity contribution is 14.1. The van der Waals surface area contributed by atoms with E-state index in [2.05, 4.69) is 66.0 Å². The van der Waals surface area contributed by atoms with Crippen LogP contribution in [0.1, 0.15) is 33.6 Å². The summed E-state index contributed by atoms with van der Waals surface area (Å²) in [5.41, 5.74) is 0. The van der Waals surface area contributed by atoms with Gasteiger partial charge in [-0.25, -0.2) is 5.11 Å². The molecular formula is C9H17I2O. The van der Waals surface area contributed by atoms with E-state index in [0.717, 1.165) is 10.3 Å². The molecule has 0 aliphatic carbocycles. The topological polar surface area (TPSA) is 19.9 Å². The van der Waals surface area contributed by atoms with Crippen molar-refractivity contribution in [2.24, 2.45) is 5.92 Å². The van der Waals surface area contributed by atoms with Crippen LogP contribution < -0.4 is 0 Å². The summed E-state index contributed by atoms with van der Waals surface area (Å²) >= 11 is 4.73. The van der Waals surface area contributed by atoms with E-state index in [1.807, 2.05) is 0 Å². The van der Waals surface area contributed by atoms with E-state index in [9.17, 15) is 5.11 Å². The molecule has 12 heavy (non-hydrogen) atoms. The molecule has 0 heterocycles. The maximum absolute atomic E-state index is 10.8. The predicted octanol–water partition coefficient (Wildman–Crippen LogP) is 3.85. The van der Waals surface area contributed by atoms with E-state index in [1.54, 1.807) is 0 Å². The van der Waals surface area contributed by atoms with Gasteiger partial charge in [0.1, 0.15) is 0 Å². The Labute approximate surface area is 103 Å². The Morgan fingerprint density at radius 2 is 1.92 bits per heavy atom. The van der Waals surface area contributed by atoms with Crippen molar-refractivity contribution in [3.05, 3.63) is 0 Å². The summed E-state index contributed by atoms with van der Waals surface area (Å²) in [6.45, 7) is 6.54. The Hall–Kier alpha value is 1.42. The van der Waals surface area contributed by atoms with Gasteiger partial charge in [0.2, 0.25) is 0 Å². The smallest absolute Gasteiger partial charge is 0.0965 e. The van der Waals surface area contributed by atoms with Crippen molar-refractivity contribution in [1.82, 2.24) is 0 Å². The molecule has 0 aliphatic heterocycles. The zero-order chi connectivity index (χ0) is 9.78. The first-order valence-corrected chi connectivity index (χ1v) is 6.61. The molecular weight excluding hydrogens is 378 g/mol. The van der Waals surface area contributed by atoms with Gasteiger partial charge in [-0.2, -0.15) is 0 Å². The molecule has 0 amide bonds. The van der Waals surface area contributed by atoms with Crippen molar-refractivity contribution in [2.75, 3.05) is 6.61 Å². The molecule has 3 atom stereocenters. The number of halogens is 2. The average molecular weight is 395 g/mol. The van der Waals surface area contributed by atoms with Gasteiger partial charge in [-0.15, -0.1) is 0 Å². The minimum Gasteiger partial charge on any atom is -0.235 e. The maximum Gasteiger partial charge on any atom is 0.0965 e. The maximum atomic E-state index is 10.8. The molecule has 0 aromatic heterocycles. The molecule has 0 aliphatic rings. The van der Waals surface area contributed by atoms with Crippen molar-refractivity contribution >= 4 is 45.2 Å². The molecule has 0 saturated carbocycles. The van der Waals surface area contributed by atoms with Gasteiger partial charge in [0, 0.05) is 7.35 Å². The van der Waals surface area contributed by atoms with Crippen LogP contribution in [-0.2, 0) is 5.11 Å². The van der Waals surface area contributed by atoms with Crippen molar-refractivity contribution in [1.29, 1.82) is 0 Å². The van der Waals surface area contributed by atoms with Gasteiger partial charge in [-0.1, -0.05) is 59.0 Å². The Balaban J connectivity index is 3.75. The fourth-order valence-electron chi connectivity index (χ4n) is 1.42. The second-order valence-corrected chi connectivity index (χ2v) is 8.61. The Kier molecular flexibility index (Phi) is 6.72. The fraction of sp³-hybridized carbons (Fsp3) is 1.00. The molecule has 0 spiro atoms. The van der Waals surface area contributed by atoms with Gasteiger partial charge in [0.05, 0.1) is 6.61 Å². The highest BCUT2D eigenvalue weighted by atomic mass is 127. The number of hydrogen-bond acceptors (Lipinski definition) is 0. The SMILES string of the molecule is CC(I)CC(C)CC(C)(I)C[O]. The van der Waals surface area contributed by atoms with E-state index < -0.39 is 0 Å². The largest absolute Gasteiger partial charge is 0.235 e. The molecule has 3 heteroatoms. The third kappa shape index (κ3) is 6.88. The second kappa shape index (κ2) is 6.01. The number of rotatable bonds is 5. The van der Waals surface area contributed by atoms with Crippen LogP contribution in [-0.4, -0.2) is 14.0 Å². The summed E-state index contributed by atoms with van der Waals surface area (Å²) in [6, 6.07) is 0. The van der Waals surface area contributed by atoms with E-state index in [-0.39, 0.29) is 10.0 Å². The normalized spacial score (nSPS) is 21.5. The predicted molar refractivity (Wildman–Crippen MR) is 69.9 cm³/mol. The van der Waals surface area contributed by atoms with Crippen molar-refractivity contribution in [3.8, 4) is 0 Å². The van der Waals surface area contributed by atoms with Crippen LogP contribution in [0.2, 0.25) is 0 Å². The lowest BCUT2D eigenvalue weighted by atomic mass is 9.94. The van der Waals surface area contributed by atoms with Crippen molar-refractivity contribution in [2.45, 2.75) is 41.0 Å². The summed E-state index contributed by atoms with van der Waals surface area (Å²) in [4.78, 5) is 0. The zero-order valence-electron chi connectivity index (χ0n) is 7.94. The lowest BCUT2D eigenvalue weighted by molar-refractivity contribution is 0.160. The van der Waals surface area contributed by atoms with Crippen LogP contribution in [0.25, 0.3) is 0 Å². The molecule has 0 N–H and O–H groups in total. The molecule has 1 nitrogen and oxygen atoms in total. The summed E-state index contributed by atoms with van der Waals surface area (Å²) in [7, 11) is 0. The highest BCUT2D eigenvalue weighted by Crippen LogP contribution is 2.29. The van der Waals surface area contributed by atoms with Crippen LogP contribution in [0, 0.1) is 5.92 Å². The standard InChI is InChI=1S/C9H17I2O/c1-7(4-8(2)10)5-9(3,11)6-12/h7-8H,4-6H2,1-3H3. The first kappa shape index (κ1) is 13.4. The van der Waals surface area contributed by atoms with Gasteiger partial charge in [-0.3, -0.25) is 0 Å². The third-order valence-electron chi connectivity index (χ3n) is 1.80. The lowest BCUT2D eigenvalue weighted by Gasteiger charge is -2.23. The highest BCUT2D eigenvalue weighted by Gasteiger charge is 2.23. The average Bonchev–Trinajstić information content (AvgIpc) is 1.84. The van der Waals surface area contributed by atoms with Gasteiger partial charge >= 0.3 is 0 Å². The molecule has 0 aromatic rings. The van der Waals surface area contributed by atoms with Crippen LogP contribution in [0.5, 0.6) is 0 Å². The van der Waals surface area contributed by atoms with Crippen LogP contribution in [0.4, 0.5) is 0 Å². The Morgan fingerprint density at radius 3 is 2.25 bits per heavy atom. The fourth-order valence-corrected chi connectivity index (χ4v) is 3.04. The number of hydrogen-bond donors (Lipinski definition) is 0. The van der Waals surface area contributed by atoms with Crippen LogP contribution in [0.15, 0.2) is 0 Å². The van der Waals surface area contributed by atoms with Gasteiger partial charge < -0.3 is 0 Å². The molecule has 1 radical (unpaired) electrons. The van der Waals surface area contributed by atoms with Crippen LogP contribution >= 0.6 is 45.2 Å². The van der Waals surface area contributed by atoms with Gasteiger partial charge in [0.15, 0.2) is 0 Å².